The molecular formula is C11H16ClN3O2. The molecule has 0 heterocycles. The van der Waals surface area contributed by atoms with Gasteiger partial charge in [-0.2, -0.15) is 0 Å². The Bertz CT molecular complexity index is 356. The SMILES string of the molecule is NC(=O)NCCNCC(O)c1ccc(Cl)cc1. The van der Waals surface area contributed by atoms with Gasteiger partial charge in [-0.25, -0.2) is 4.79 Å². The van der Waals surface area contributed by atoms with Crippen LogP contribution in [0.3, 0.4) is 0 Å². The van der Waals surface area contributed by atoms with E-state index in [2.05, 4.69) is 10.6 Å². The van der Waals surface area contributed by atoms with Gasteiger partial charge in [0.05, 0.1) is 6.10 Å². The van der Waals surface area contributed by atoms with E-state index in [1.54, 1.807) is 24.3 Å². The van der Waals surface area contributed by atoms with Crippen LogP contribution in [0, 0.1) is 0 Å². The summed E-state index contributed by atoms with van der Waals surface area (Å²) < 4.78 is 0. The van der Waals surface area contributed by atoms with Gasteiger partial charge in [0.1, 0.15) is 0 Å². The average molecular weight is 258 g/mol. The highest BCUT2D eigenvalue weighted by atomic mass is 35.5. The fraction of sp³-hybridized carbons (Fsp3) is 0.364. The summed E-state index contributed by atoms with van der Waals surface area (Å²) in [6.45, 7) is 1.39. The molecule has 1 rings (SSSR count). The van der Waals surface area contributed by atoms with Crippen molar-refractivity contribution in [2.24, 2.45) is 5.73 Å². The Labute approximate surface area is 105 Å². The van der Waals surface area contributed by atoms with Gasteiger partial charge in [0.25, 0.3) is 0 Å². The number of hydrogen-bond donors (Lipinski definition) is 4. The maximum atomic E-state index is 10.4. The lowest BCUT2D eigenvalue weighted by atomic mass is 10.1. The van der Waals surface area contributed by atoms with Crippen LogP contribution in [0.15, 0.2) is 24.3 Å². The molecular weight excluding hydrogens is 242 g/mol. The van der Waals surface area contributed by atoms with Crippen LogP contribution in [-0.2, 0) is 0 Å². The summed E-state index contributed by atoms with van der Waals surface area (Å²) in [4.78, 5) is 10.4. The molecule has 0 aliphatic heterocycles. The third-order valence-corrected chi connectivity index (χ3v) is 2.45. The van der Waals surface area contributed by atoms with E-state index in [0.29, 0.717) is 24.7 Å². The molecule has 1 unspecified atom stereocenters. The van der Waals surface area contributed by atoms with Gasteiger partial charge in [-0.15, -0.1) is 0 Å². The lowest BCUT2D eigenvalue weighted by Crippen LogP contribution is -2.36. The molecule has 94 valence electrons. The number of hydrogen-bond acceptors (Lipinski definition) is 3. The lowest BCUT2D eigenvalue weighted by molar-refractivity contribution is 0.175. The van der Waals surface area contributed by atoms with Crippen LogP contribution in [0.4, 0.5) is 4.79 Å². The normalized spacial score (nSPS) is 12.1. The largest absolute Gasteiger partial charge is 0.387 e. The molecule has 0 fully saturated rings. The molecule has 1 atom stereocenters. The van der Waals surface area contributed by atoms with Crippen molar-refractivity contribution in [2.45, 2.75) is 6.10 Å². The van der Waals surface area contributed by atoms with Crippen molar-refractivity contribution in [2.75, 3.05) is 19.6 Å². The van der Waals surface area contributed by atoms with Gasteiger partial charge in [-0.1, -0.05) is 23.7 Å². The average Bonchev–Trinajstić information content (AvgIpc) is 2.29. The number of nitrogens with two attached hydrogens (primary N) is 1. The lowest BCUT2D eigenvalue weighted by Gasteiger charge is -2.12. The van der Waals surface area contributed by atoms with E-state index in [1.807, 2.05) is 0 Å². The zero-order chi connectivity index (χ0) is 12.7. The smallest absolute Gasteiger partial charge is 0.312 e. The summed E-state index contributed by atoms with van der Waals surface area (Å²) >= 11 is 5.74. The third-order valence-electron chi connectivity index (χ3n) is 2.19. The predicted octanol–water partition coefficient (Wildman–Crippen LogP) is 0.631. The van der Waals surface area contributed by atoms with E-state index in [0.717, 1.165) is 5.56 Å². The molecule has 5 N–H and O–H groups in total. The van der Waals surface area contributed by atoms with Gasteiger partial charge in [0.2, 0.25) is 0 Å². The highest BCUT2D eigenvalue weighted by Gasteiger charge is 2.06. The van der Waals surface area contributed by atoms with Crippen molar-refractivity contribution in [1.29, 1.82) is 0 Å². The zero-order valence-electron chi connectivity index (χ0n) is 9.32. The second-order valence-electron chi connectivity index (χ2n) is 3.56. The zero-order valence-corrected chi connectivity index (χ0v) is 10.1. The summed E-state index contributed by atoms with van der Waals surface area (Å²) in [5.74, 6) is 0. The van der Waals surface area contributed by atoms with Crippen molar-refractivity contribution in [3.8, 4) is 0 Å². The number of carbonyl (C=O) groups is 1. The molecule has 0 saturated heterocycles. The topological polar surface area (TPSA) is 87.4 Å². The fourth-order valence-electron chi connectivity index (χ4n) is 1.32. The van der Waals surface area contributed by atoms with Gasteiger partial charge >= 0.3 is 6.03 Å². The van der Waals surface area contributed by atoms with E-state index in [9.17, 15) is 9.90 Å². The van der Waals surface area contributed by atoms with Gasteiger partial charge in [0.15, 0.2) is 0 Å². The Balaban J connectivity index is 2.23. The van der Waals surface area contributed by atoms with E-state index in [1.165, 1.54) is 0 Å². The van der Waals surface area contributed by atoms with Crippen LogP contribution in [0.5, 0.6) is 0 Å². The van der Waals surface area contributed by atoms with Crippen molar-refractivity contribution >= 4 is 17.6 Å². The Morgan fingerprint density at radius 1 is 1.35 bits per heavy atom. The number of benzene rings is 1. The van der Waals surface area contributed by atoms with E-state index < -0.39 is 12.1 Å². The van der Waals surface area contributed by atoms with Crippen molar-refractivity contribution in [3.05, 3.63) is 34.9 Å². The fourth-order valence-corrected chi connectivity index (χ4v) is 1.44. The number of halogens is 1. The van der Waals surface area contributed by atoms with Crippen LogP contribution in [-0.4, -0.2) is 30.8 Å². The highest BCUT2D eigenvalue weighted by molar-refractivity contribution is 6.30. The van der Waals surface area contributed by atoms with Crippen LogP contribution in [0.25, 0.3) is 0 Å². The van der Waals surface area contributed by atoms with Gasteiger partial charge in [-0.05, 0) is 17.7 Å². The maximum Gasteiger partial charge on any atom is 0.312 e. The molecule has 1 aromatic carbocycles. The Kier molecular flexibility index (Phi) is 5.76. The monoisotopic (exact) mass is 257 g/mol. The molecule has 0 aliphatic rings. The van der Waals surface area contributed by atoms with Crippen LogP contribution in [0.1, 0.15) is 11.7 Å². The first-order valence-corrected chi connectivity index (χ1v) is 5.65. The predicted molar refractivity (Wildman–Crippen MR) is 66.9 cm³/mol. The summed E-state index contributed by atoms with van der Waals surface area (Å²) in [7, 11) is 0. The van der Waals surface area contributed by atoms with Crippen LogP contribution >= 0.6 is 11.6 Å². The molecule has 5 nitrogen and oxygen atoms in total. The Hall–Kier alpha value is -1.30. The molecule has 1 aromatic rings. The Morgan fingerprint density at radius 2 is 2.00 bits per heavy atom. The molecule has 0 saturated carbocycles. The first-order chi connectivity index (χ1) is 8.09. The molecule has 0 aromatic heterocycles. The third kappa shape index (κ3) is 5.53. The van der Waals surface area contributed by atoms with Gasteiger partial charge in [0, 0.05) is 24.7 Å². The van der Waals surface area contributed by atoms with E-state index >= 15 is 0 Å². The number of aliphatic hydroxyl groups excluding tert-OH is 1. The van der Waals surface area contributed by atoms with Gasteiger partial charge in [-0.3, -0.25) is 0 Å². The number of amides is 2. The highest BCUT2D eigenvalue weighted by Crippen LogP contribution is 2.15. The van der Waals surface area contributed by atoms with Crippen molar-refractivity contribution in [3.63, 3.8) is 0 Å². The Morgan fingerprint density at radius 3 is 2.59 bits per heavy atom. The first-order valence-electron chi connectivity index (χ1n) is 5.27. The number of aliphatic hydroxyl groups is 1. The summed E-state index contributed by atoms with van der Waals surface area (Å²) in [6, 6.07) is 6.46. The summed E-state index contributed by atoms with van der Waals surface area (Å²) in [5.41, 5.74) is 5.70. The van der Waals surface area contributed by atoms with Gasteiger partial charge < -0.3 is 21.5 Å². The van der Waals surface area contributed by atoms with Crippen molar-refractivity contribution in [1.82, 2.24) is 10.6 Å². The van der Waals surface area contributed by atoms with Crippen LogP contribution < -0.4 is 16.4 Å². The maximum absolute atomic E-state index is 10.4. The molecule has 0 spiro atoms. The molecule has 17 heavy (non-hydrogen) atoms. The summed E-state index contributed by atoms with van der Waals surface area (Å²) in [6.07, 6.45) is -0.596. The second kappa shape index (κ2) is 7.11. The second-order valence-corrected chi connectivity index (χ2v) is 4.00. The summed E-state index contributed by atoms with van der Waals surface area (Å²) in [5, 5.41) is 15.9. The van der Waals surface area contributed by atoms with E-state index in [-0.39, 0.29) is 0 Å². The number of primary amides is 1. The number of carbonyl (C=O) groups excluding carboxylic acids is 1. The first kappa shape index (κ1) is 13.8. The standard InChI is InChI=1S/C11H16ClN3O2/c12-9-3-1-8(2-4-9)10(16)7-14-5-6-15-11(13)17/h1-4,10,14,16H,5-7H2,(H3,13,15,17). The van der Waals surface area contributed by atoms with Crippen LogP contribution in [0.2, 0.25) is 5.02 Å². The number of rotatable bonds is 6. The molecule has 0 radical (unpaired) electrons. The minimum absolute atomic E-state index is 0.405. The molecule has 6 heteroatoms. The molecule has 2 amide bonds. The minimum Gasteiger partial charge on any atom is -0.387 e. The quantitative estimate of drug-likeness (QED) is 0.564. The number of nitrogens with one attached hydrogen (secondary N) is 2. The van der Waals surface area contributed by atoms with E-state index in [4.69, 9.17) is 17.3 Å². The van der Waals surface area contributed by atoms with Crippen molar-refractivity contribution < 1.29 is 9.90 Å². The minimum atomic E-state index is -0.596. The number of urea groups is 1. The molecule has 0 aliphatic carbocycles. The molecule has 0 bridgehead atoms.